The number of rotatable bonds is 62. The van der Waals surface area contributed by atoms with Gasteiger partial charge < -0.3 is 15.5 Å². The molecule has 2 unspecified atom stereocenters. The summed E-state index contributed by atoms with van der Waals surface area (Å²) in [4.78, 5) is 12.5. The van der Waals surface area contributed by atoms with E-state index in [1.807, 2.05) is 6.08 Å². The van der Waals surface area contributed by atoms with E-state index in [1.165, 1.54) is 263 Å². The Morgan fingerprint density at radius 3 is 0.921 bits per heavy atom. The minimum atomic E-state index is -0.866. The molecule has 0 aliphatic heterocycles. The first-order valence-corrected chi connectivity index (χ1v) is 33.8. The third-order valence-corrected chi connectivity index (χ3v) is 15.4. The van der Waals surface area contributed by atoms with Crippen LogP contribution in [0.15, 0.2) is 85.1 Å². The monoisotopic (exact) mass is 1060 g/mol. The molecule has 0 radical (unpaired) electrons. The highest BCUT2D eigenvalue weighted by Gasteiger charge is 2.18. The normalized spacial score (nSPS) is 13.3. The first kappa shape index (κ1) is 73.6. The van der Waals surface area contributed by atoms with Crippen LogP contribution in [0, 0.1) is 0 Å². The van der Waals surface area contributed by atoms with Gasteiger partial charge in [-0.25, -0.2) is 0 Å². The van der Waals surface area contributed by atoms with E-state index in [4.69, 9.17) is 0 Å². The summed E-state index contributed by atoms with van der Waals surface area (Å²) < 4.78 is 0. The van der Waals surface area contributed by atoms with Crippen LogP contribution >= 0.6 is 0 Å². The van der Waals surface area contributed by atoms with Crippen LogP contribution in [0.2, 0.25) is 0 Å². The molecule has 0 aliphatic carbocycles. The van der Waals surface area contributed by atoms with Crippen LogP contribution in [0.3, 0.4) is 0 Å². The largest absolute Gasteiger partial charge is 0.394 e. The third kappa shape index (κ3) is 62.4. The van der Waals surface area contributed by atoms with E-state index in [0.717, 1.165) is 64.2 Å². The van der Waals surface area contributed by atoms with E-state index in [2.05, 4.69) is 92.1 Å². The quantitative estimate of drug-likeness (QED) is 0.0420. The number of hydrogen-bond donors (Lipinski definition) is 3. The molecule has 0 rings (SSSR count). The molecule has 0 aromatic rings. The van der Waals surface area contributed by atoms with Crippen molar-refractivity contribution in [2.24, 2.45) is 0 Å². The lowest BCUT2D eigenvalue weighted by Gasteiger charge is -2.19. The summed E-state index contributed by atoms with van der Waals surface area (Å²) in [6, 6.07) is -0.643. The average Bonchev–Trinajstić information content (AvgIpc) is 3.42. The van der Waals surface area contributed by atoms with Crippen LogP contribution in [-0.2, 0) is 4.79 Å². The maximum absolute atomic E-state index is 12.5. The lowest BCUT2D eigenvalue weighted by molar-refractivity contribution is -0.123. The molecule has 442 valence electrons. The molecule has 0 bridgehead atoms. The summed E-state index contributed by atoms with van der Waals surface area (Å²) in [7, 11) is 0. The van der Waals surface area contributed by atoms with Gasteiger partial charge in [0.15, 0.2) is 0 Å². The fraction of sp³-hybridized carbons (Fsp3) is 0.792. The van der Waals surface area contributed by atoms with E-state index in [-0.39, 0.29) is 12.5 Å². The molecule has 0 saturated heterocycles. The van der Waals surface area contributed by atoms with Crippen LogP contribution in [-0.4, -0.2) is 34.9 Å². The summed E-state index contributed by atoms with van der Waals surface area (Å²) in [6.45, 7) is 4.22. The van der Waals surface area contributed by atoms with E-state index in [0.29, 0.717) is 6.42 Å². The van der Waals surface area contributed by atoms with Crippen molar-refractivity contribution < 1.29 is 15.0 Å². The van der Waals surface area contributed by atoms with Gasteiger partial charge in [0.1, 0.15) is 0 Å². The fourth-order valence-corrected chi connectivity index (χ4v) is 10.3. The van der Waals surface area contributed by atoms with Crippen molar-refractivity contribution >= 4 is 5.91 Å². The standard InChI is InChI=1S/C72H131NO3/c1-3-5-7-9-11-13-15-17-19-21-23-25-27-29-31-33-34-35-36-37-38-40-42-44-46-48-50-52-54-56-58-60-62-64-66-68-72(76)73-70(69-74)71(75)67-65-63-61-59-57-55-53-51-49-47-45-43-41-39-32-30-28-26-24-22-20-18-16-14-12-10-8-6-4-2/h5,7,11,13,17,19,23,25,29,31,57,59,65,67,70-71,74-75H,3-4,6,8-10,12,14-16,18,20-22,24,26-28,30,32-56,58,60-64,66,68-69H2,1-2H3,(H,73,76)/b7-5-,13-11-,19-17-,25-23-,31-29-,59-57+,67-65+. The molecule has 4 nitrogen and oxygen atoms in total. The molecule has 0 aliphatic rings. The number of unbranched alkanes of at least 4 members (excludes halogenated alkanes) is 43. The van der Waals surface area contributed by atoms with E-state index >= 15 is 0 Å². The lowest BCUT2D eigenvalue weighted by atomic mass is 10.0. The first-order chi connectivity index (χ1) is 37.7. The molecule has 3 N–H and O–H groups in total. The number of amides is 1. The minimum absolute atomic E-state index is 0.0700. The van der Waals surface area contributed by atoms with Gasteiger partial charge in [0.25, 0.3) is 0 Å². The van der Waals surface area contributed by atoms with Gasteiger partial charge in [0.05, 0.1) is 18.8 Å². The summed E-state index contributed by atoms with van der Waals surface area (Å²) >= 11 is 0. The summed E-state index contributed by atoms with van der Waals surface area (Å²) in [6.07, 6.45) is 98.0. The summed E-state index contributed by atoms with van der Waals surface area (Å²) in [5.41, 5.74) is 0. The molecular weight excluding hydrogens is 927 g/mol. The predicted molar refractivity (Wildman–Crippen MR) is 340 cm³/mol. The SMILES string of the molecule is CC/C=C\C/C=C\C/C=C\C/C=C\C/C=C\CCCCCCCCCCCCCCCCCCCCCC(=O)NC(CO)C(O)/C=C/CC/C=C/CCCCCCCCCCCCCCCCCCCCCCCCC. The van der Waals surface area contributed by atoms with Crippen LogP contribution in [0.4, 0.5) is 0 Å². The molecule has 0 aromatic carbocycles. The zero-order valence-electron chi connectivity index (χ0n) is 51.0. The lowest BCUT2D eigenvalue weighted by Crippen LogP contribution is -2.45. The van der Waals surface area contributed by atoms with Gasteiger partial charge in [0, 0.05) is 6.42 Å². The van der Waals surface area contributed by atoms with E-state index in [1.54, 1.807) is 6.08 Å². The molecule has 4 heteroatoms. The van der Waals surface area contributed by atoms with Crippen molar-refractivity contribution in [3.63, 3.8) is 0 Å². The molecule has 1 amide bonds. The maximum Gasteiger partial charge on any atom is 0.220 e. The van der Waals surface area contributed by atoms with Crippen LogP contribution in [0.5, 0.6) is 0 Å². The minimum Gasteiger partial charge on any atom is -0.394 e. The number of nitrogens with one attached hydrogen (secondary N) is 1. The van der Waals surface area contributed by atoms with Gasteiger partial charge in [-0.05, 0) is 77.0 Å². The van der Waals surface area contributed by atoms with Crippen molar-refractivity contribution in [1.82, 2.24) is 5.32 Å². The smallest absolute Gasteiger partial charge is 0.220 e. The van der Waals surface area contributed by atoms with Crippen molar-refractivity contribution in [2.75, 3.05) is 6.61 Å². The Balaban J connectivity index is 3.48. The Morgan fingerprint density at radius 2 is 0.592 bits per heavy atom. The van der Waals surface area contributed by atoms with Crippen LogP contribution in [0.1, 0.15) is 348 Å². The Bertz CT molecular complexity index is 1340. The van der Waals surface area contributed by atoms with Crippen molar-refractivity contribution in [2.45, 2.75) is 360 Å². The molecule has 76 heavy (non-hydrogen) atoms. The highest BCUT2D eigenvalue weighted by Crippen LogP contribution is 2.18. The van der Waals surface area contributed by atoms with Gasteiger partial charge in [0.2, 0.25) is 5.91 Å². The third-order valence-electron chi connectivity index (χ3n) is 15.4. The predicted octanol–water partition coefficient (Wildman–Crippen LogP) is 23.0. The van der Waals surface area contributed by atoms with Gasteiger partial charge in [-0.15, -0.1) is 0 Å². The van der Waals surface area contributed by atoms with Crippen LogP contribution < -0.4 is 5.32 Å². The molecule has 0 heterocycles. The number of allylic oxidation sites excluding steroid dienone is 13. The average molecular weight is 1060 g/mol. The zero-order chi connectivity index (χ0) is 54.8. The molecule has 0 spiro atoms. The zero-order valence-corrected chi connectivity index (χ0v) is 51.0. The first-order valence-electron chi connectivity index (χ1n) is 33.8. The number of carbonyl (C=O) groups excluding carboxylic acids is 1. The molecule has 0 aromatic heterocycles. The second kappa shape index (κ2) is 66.8. The molecular formula is C72H131NO3. The topological polar surface area (TPSA) is 69.6 Å². The summed E-state index contributed by atoms with van der Waals surface area (Å²) in [5.74, 6) is -0.0700. The fourth-order valence-electron chi connectivity index (χ4n) is 10.3. The number of carbonyl (C=O) groups is 1. The second-order valence-corrected chi connectivity index (χ2v) is 22.9. The van der Waals surface area contributed by atoms with Crippen molar-refractivity contribution in [3.8, 4) is 0 Å². The van der Waals surface area contributed by atoms with Gasteiger partial charge in [-0.1, -0.05) is 349 Å². The van der Waals surface area contributed by atoms with E-state index in [9.17, 15) is 15.0 Å². The number of hydrogen-bond acceptors (Lipinski definition) is 3. The van der Waals surface area contributed by atoms with Crippen molar-refractivity contribution in [3.05, 3.63) is 85.1 Å². The Morgan fingerprint density at radius 1 is 0.329 bits per heavy atom. The highest BCUT2D eigenvalue weighted by atomic mass is 16.3. The maximum atomic E-state index is 12.5. The van der Waals surface area contributed by atoms with Crippen molar-refractivity contribution in [1.29, 1.82) is 0 Å². The Kier molecular flexibility index (Phi) is 64.7. The number of aliphatic hydroxyl groups is 2. The highest BCUT2D eigenvalue weighted by molar-refractivity contribution is 5.76. The Labute approximate surface area is 475 Å². The second-order valence-electron chi connectivity index (χ2n) is 22.9. The van der Waals surface area contributed by atoms with E-state index < -0.39 is 12.1 Å². The molecule has 0 fully saturated rings. The van der Waals surface area contributed by atoms with Gasteiger partial charge in [-0.2, -0.15) is 0 Å². The summed E-state index contributed by atoms with van der Waals surface area (Å²) in [5, 5.41) is 23.3. The number of aliphatic hydroxyl groups excluding tert-OH is 2. The molecule has 0 saturated carbocycles. The molecule has 2 atom stereocenters. The van der Waals surface area contributed by atoms with Gasteiger partial charge >= 0.3 is 0 Å². The van der Waals surface area contributed by atoms with Gasteiger partial charge in [-0.3, -0.25) is 4.79 Å². The Hall–Kier alpha value is -2.43. The van der Waals surface area contributed by atoms with Crippen LogP contribution in [0.25, 0.3) is 0 Å².